The van der Waals surface area contributed by atoms with Crippen molar-refractivity contribution in [3.63, 3.8) is 0 Å². The van der Waals surface area contributed by atoms with Crippen LogP contribution in [0.4, 0.5) is 0 Å². The van der Waals surface area contributed by atoms with Crippen LogP contribution in [-0.4, -0.2) is 35.1 Å². The van der Waals surface area contributed by atoms with Crippen molar-refractivity contribution in [3.05, 3.63) is 16.6 Å². The smallest absolute Gasteiger partial charge is 0.296 e. The van der Waals surface area contributed by atoms with Gasteiger partial charge in [0.1, 0.15) is 11.2 Å². The Bertz CT molecular complexity index is 1170. The third-order valence-electron chi connectivity index (χ3n) is 5.67. The molecule has 0 aromatic carbocycles. The molecule has 0 spiro atoms. The van der Waals surface area contributed by atoms with Gasteiger partial charge in [0.05, 0.1) is 12.1 Å². The van der Waals surface area contributed by atoms with Crippen molar-refractivity contribution in [3.8, 4) is 0 Å². The van der Waals surface area contributed by atoms with Gasteiger partial charge in [0.25, 0.3) is 5.71 Å². The van der Waals surface area contributed by atoms with Gasteiger partial charge in [0, 0.05) is 5.41 Å². The van der Waals surface area contributed by atoms with Gasteiger partial charge in [-0.3, -0.25) is 0 Å². The number of thiophene rings is 1. The molecule has 0 aliphatic rings. The van der Waals surface area contributed by atoms with Crippen LogP contribution in [0.2, 0.25) is 0 Å². The van der Waals surface area contributed by atoms with Crippen molar-refractivity contribution in [1.29, 1.82) is 0 Å². The van der Waals surface area contributed by atoms with Gasteiger partial charge in [0.15, 0.2) is 10.3 Å². The van der Waals surface area contributed by atoms with E-state index in [1.807, 2.05) is 4.80 Å². The third kappa shape index (κ3) is 3.64. The zero-order valence-corrected chi connectivity index (χ0v) is 19.9. The van der Waals surface area contributed by atoms with Crippen molar-refractivity contribution in [1.82, 2.24) is 35.1 Å². The van der Waals surface area contributed by atoms with Crippen LogP contribution in [0, 0.1) is 0 Å². The van der Waals surface area contributed by atoms with Crippen molar-refractivity contribution < 1.29 is 4.52 Å². The molecule has 0 saturated carbocycles. The van der Waals surface area contributed by atoms with Gasteiger partial charge < -0.3 is 4.52 Å². The van der Waals surface area contributed by atoms with Crippen molar-refractivity contribution in [2.45, 2.75) is 91.1 Å². The number of rotatable bonds is 6. The molecule has 0 bridgehead atoms. The van der Waals surface area contributed by atoms with E-state index in [2.05, 4.69) is 76.1 Å². The first-order chi connectivity index (χ1) is 14.0. The molecule has 0 fully saturated rings. The van der Waals surface area contributed by atoms with E-state index in [0.717, 1.165) is 34.4 Å². The molecule has 4 heterocycles. The lowest BCUT2D eigenvalue weighted by Crippen LogP contribution is -2.20. The molecule has 0 amide bonds. The first-order valence-electron chi connectivity index (χ1n) is 10.5. The molecule has 9 heteroatoms. The molecule has 4 aromatic rings. The molecule has 4 rings (SSSR count). The predicted molar refractivity (Wildman–Crippen MR) is 119 cm³/mol. The fourth-order valence-electron chi connectivity index (χ4n) is 3.60. The fraction of sp³-hybridized carbons (Fsp3) is 0.667. The molecule has 30 heavy (non-hydrogen) atoms. The second kappa shape index (κ2) is 7.14. The largest absolute Gasteiger partial charge is 0.332 e. The maximum absolute atomic E-state index is 5.42. The third-order valence-corrected chi connectivity index (χ3v) is 6.52. The van der Waals surface area contributed by atoms with Crippen LogP contribution in [0.15, 0.2) is 9.90 Å². The molecule has 0 saturated heterocycles. The molecule has 4 aromatic heterocycles. The highest BCUT2D eigenvalue weighted by Crippen LogP contribution is 2.37. The Morgan fingerprint density at radius 2 is 1.67 bits per heavy atom. The molecular formula is C21H31N7OS. The first kappa shape index (κ1) is 21.0. The molecule has 0 radical (unpaired) electrons. The summed E-state index contributed by atoms with van der Waals surface area (Å²) < 4.78 is 5.42. The van der Waals surface area contributed by atoms with Crippen molar-refractivity contribution in [2.24, 2.45) is 0 Å². The number of fused-ring (bicyclic) bond motifs is 2. The van der Waals surface area contributed by atoms with E-state index in [-0.39, 0.29) is 22.9 Å². The molecular weight excluding hydrogens is 398 g/mol. The Morgan fingerprint density at radius 1 is 0.967 bits per heavy atom. The van der Waals surface area contributed by atoms with E-state index < -0.39 is 0 Å². The fourth-order valence-corrected chi connectivity index (χ4v) is 4.65. The molecule has 8 nitrogen and oxygen atoms in total. The van der Waals surface area contributed by atoms with Crippen LogP contribution in [0.5, 0.6) is 0 Å². The molecule has 162 valence electrons. The molecule has 1 unspecified atom stereocenters. The van der Waals surface area contributed by atoms with Crippen molar-refractivity contribution in [2.75, 3.05) is 0 Å². The van der Waals surface area contributed by atoms with Gasteiger partial charge in [-0.25, -0.2) is 0 Å². The summed E-state index contributed by atoms with van der Waals surface area (Å²) in [6.07, 6.45) is 1.93. The summed E-state index contributed by atoms with van der Waals surface area (Å²) in [6, 6.07) is 0.414. The van der Waals surface area contributed by atoms with E-state index in [4.69, 9.17) is 14.7 Å². The summed E-state index contributed by atoms with van der Waals surface area (Å²) in [4.78, 5) is 4.60. The summed E-state index contributed by atoms with van der Waals surface area (Å²) in [5.41, 5.74) is 4.27. The number of aromatic nitrogens is 7. The minimum Gasteiger partial charge on any atom is -0.332 e. The summed E-state index contributed by atoms with van der Waals surface area (Å²) in [7, 11) is 0. The van der Waals surface area contributed by atoms with E-state index in [1.165, 1.54) is 5.56 Å². The quantitative estimate of drug-likeness (QED) is 0.406. The normalized spacial score (nSPS) is 14.4. The van der Waals surface area contributed by atoms with Gasteiger partial charge in [-0.1, -0.05) is 39.8 Å². The first-order valence-corrected chi connectivity index (χ1v) is 11.4. The highest BCUT2D eigenvalue weighted by molar-refractivity contribution is 7.16. The monoisotopic (exact) mass is 429 g/mol. The maximum atomic E-state index is 5.42. The van der Waals surface area contributed by atoms with E-state index in [0.29, 0.717) is 5.71 Å². The van der Waals surface area contributed by atoms with Crippen LogP contribution >= 0.6 is 11.3 Å². The van der Waals surface area contributed by atoms with E-state index >= 15 is 0 Å². The molecule has 0 aliphatic carbocycles. The second-order valence-corrected chi connectivity index (χ2v) is 11.0. The van der Waals surface area contributed by atoms with E-state index in [1.54, 1.807) is 16.1 Å². The topological polar surface area (TPSA) is 87.5 Å². The molecule has 0 N–H and O–H groups in total. The SMILES string of the molecule is CC(C)n1nc2scc(C(C)(C)CCC(C)n3nc4onc(C(C)(C)C)c4n3)c2n1. The Hall–Kier alpha value is -2.29. The van der Waals surface area contributed by atoms with Crippen LogP contribution in [0.1, 0.15) is 91.6 Å². The minimum atomic E-state index is -0.130. The maximum Gasteiger partial charge on any atom is 0.296 e. The second-order valence-electron chi connectivity index (χ2n) is 10.1. The average molecular weight is 430 g/mol. The zero-order valence-electron chi connectivity index (χ0n) is 19.1. The lowest BCUT2D eigenvalue weighted by molar-refractivity contribution is 0.344. The standard InChI is InChI=1S/C21H31N7OS/c1-12(2)27-22-15-14(11-30-19(15)25-27)21(7,8)10-9-13(3)28-23-16-17(20(4,5)6)26-29-18(16)24-28/h11-13H,9-10H2,1-8H3. The number of hydrogen-bond donors (Lipinski definition) is 0. The van der Waals surface area contributed by atoms with Crippen LogP contribution < -0.4 is 0 Å². The van der Waals surface area contributed by atoms with Crippen molar-refractivity contribution >= 4 is 32.9 Å². The summed E-state index contributed by atoms with van der Waals surface area (Å²) in [5.74, 6) is 0. The van der Waals surface area contributed by atoms with E-state index in [9.17, 15) is 0 Å². The van der Waals surface area contributed by atoms with Gasteiger partial charge in [0.2, 0.25) is 0 Å². The van der Waals surface area contributed by atoms with Crippen LogP contribution in [0.25, 0.3) is 21.6 Å². The molecule has 1 atom stereocenters. The number of nitrogens with zero attached hydrogens (tertiary/aromatic N) is 7. The molecule has 0 aliphatic heterocycles. The highest BCUT2D eigenvalue weighted by atomic mass is 32.1. The Labute approximate surface area is 180 Å². The van der Waals surface area contributed by atoms with Crippen LogP contribution in [-0.2, 0) is 10.8 Å². The predicted octanol–water partition coefficient (Wildman–Crippen LogP) is 5.42. The van der Waals surface area contributed by atoms with Gasteiger partial charge >= 0.3 is 0 Å². The minimum absolute atomic E-state index is 0.0191. The van der Waals surface area contributed by atoms with Gasteiger partial charge in [-0.15, -0.1) is 26.6 Å². The zero-order chi connectivity index (χ0) is 21.8. The van der Waals surface area contributed by atoms with Crippen LogP contribution in [0.3, 0.4) is 0 Å². The Morgan fingerprint density at radius 3 is 2.33 bits per heavy atom. The van der Waals surface area contributed by atoms with Gasteiger partial charge in [-0.2, -0.15) is 14.7 Å². The average Bonchev–Trinajstić information content (AvgIpc) is 3.36. The Balaban J connectivity index is 1.52. The Kier molecular flexibility index (Phi) is 4.99. The summed E-state index contributed by atoms with van der Waals surface area (Å²) in [5, 5.41) is 25.0. The summed E-state index contributed by atoms with van der Waals surface area (Å²) in [6.45, 7) is 17.2. The van der Waals surface area contributed by atoms with Gasteiger partial charge in [-0.05, 0) is 50.0 Å². The number of hydrogen-bond acceptors (Lipinski definition) is 7. The lowest BCUT2D eigenvalue weighted by Gasteiger charge is -2.25. The summed E-state index contributed by atoms with van der Waals surface area (Å²) >= 11 is 1.67. The highest BCUT2D eigenvalue weighted by Gasteiger charge is 2.29. The lowest BCUT2D eigenvalue weighted by atomic mass is 9.80.